The molecule has 3 rings (SSSR count). The minimum Gasteiger partial charge on any atom is -0.341 e. The predicted octanol–water partition coefficient (Wildman–Crippen LogP) is 0.482. The van der Waals surface area contributed by atoms with Gasteiger partial charge < -0.3 is 9.47 Å². The van der Waals surface area contributed by atoms with Gasteiger partial charge >= 0.3 is 0 Å². The summed E-state index contributed by atoms with van der Waals surface area (Å²) in [6, 6.07) is 3.47. The van der Waals surface area contributed by atoms with Gasteiger partial charge in [-0.1, -0.05) is 6.07 Å². The number of piperidine rings is 1. The van der Waals surface area contributed by atoms with Crippen LogP contribution in [0.3, 0.4) is 0 Å². The number of thiophene rings is 1. The molecule has 0 radical (unpaired) electrons. The summed E-state index contributed by atoms with van der Waals surface area (Å²) in [4.78, 5) is 13.9. The second kappa shape index (κ2) is 6.77. The summed E-state index contributed by atoms with van der Waals surface area (Å²) >= 11 is 1.13. The van der Waals surface area contributed by atoms with Crippen LogP contribution in [0.2, 0.25) is 0 Å². The van der Waals surface area contributed by atoms with E-state index in [2.05, 4.69) is 14.9 Å². The summed E-state index contributed by atoms with van der Waals surface area (Å²) in [6.07, 6.45) is 4.97. The molecule has 10 heteroatoms. The Labute approximate surface area is 138 Å². The molecule has 0 saturated carbocycles. The van der Waals surface area contributed by atoms with E-state index in [9.17, 15) is 13.2 Å². The lowest BCUT2D eigenvalue weighted by Gasteiger charge is -2.32. The van der Waals surface area contributed by atoms with Crippen LogP contribution in [0.25, 0.3) is 0 Å². The van der Waals surface area contributed by atoms with E-state index in [1.54, 1.807) is 29.0 Å². The van der Waals surface area contributed by atoms with E-state index in [1.165, 1.54) is 6.07 Å². The van der Waals surface area contributed by atoms with Crippen molar-refractivity contribution < 1.29 is 13.2 Å². The maximum atomic E-state index is 12.2. The molecule has 1 aliphatic heterocycles. The Morgan fingerprint density at radius 3 is 2.61 bits per heavy atom. The van der Waals surface area contributed by atoms with Crippen molar-refractivity contribution >= 4 is 27.3 Å². The molecule has 1 N–H and O–H groups in total. The lowest BCUT2D eigenvalue weighted by molar-refractivity contribution is -0.131. The molecule has 2 aromatic rings. The van der Waals surface area contributed by atoms with Crippen molar-refractivity contribution in [2.24, 2.45) is 0 Å². The van der Waals surface area contributed by atoms with Crippen molar-refractivity contribution in [3.8, 4) is 0 Å². The summed E-state index contributed by atoms with van der Waals surface area (Å²) in [5.74, 6) is -0.202. The van der Waals surface area contributed by atoms with Crippen LogP contribution in [-0.2, 0) is 14.8 Å². The van der Waals surface area contributed by atoms with E-state index in [0.29, 0.717) is 13.1 Å². The second-order valence-corrected chi connectivity index (χ2v) is 8.22. The zero-order valence-corrected chi connectivity index (χ0v) is 14.0. The molecule has 3 heterocycles. The van der Waals surface area contributed by atoms with Gasteiger partial charge in [0.05, 0.1) is 6.54 Å². The van der Waals surface area contributed by atoms with E-state index < -0.39 is 10.0 Å². The number of nitrogens with zero attached hydrogens (tertiary/aromatic N) is 4. The van der Waals surface area contributed by atoms with Gasteiger partial charge in [-0.15, -0.1) is 21.5 Å². The molecule has 0 aliphatic carbocycles. The van der Waals surface area contributed by atoms with Gasteiger partial charge in [0.25, 0.3) is 10.0 Å². The van der Waals surface area contributed by atoms with Crippen molar-refractivity contribution in [3.63, 3.8) is 0 Å². The number of carbonyl (C=O) groups excluding carboxylic acids is 1. The van der Waals surface area contributed by atoms with Gasteiger partial charge in [0.1, 0.15) is 16.9 Å². The molecule has 0 atom stereocenters. The molecule has 2 aromatic heterocycles. The van der Waals surface area contributed by atoms with E-state index in [1.807, 2.05) is 4.57 Å². The average molecular weight is 355 g/mol. The van der Waals surface area contributed by atoms with Crippen LogP contribution in [0.4, 0.5) is 0 Å². The smallest absolute Gasteiger partial charge is 0.250 e. The normalized spacial score (nSPS) is 16.6. The van der Waals surface area contributed by atoms with Crippen molar-refractivity contribution in [1.29, 1.82) is 0 Å². The van der Waals surface area contributed by atoms with Crippen LogP contribution in [0.5, 0.6) is 0 Å². The fourth-order valence-electron chi connectivity index (χ4n) is 2.57. The maximum absolute atomic E-state index is 12.2. The van der Waals surface area contributed by atoms with Crippen LogP contribution in [0, 0.1) is 0 Å². The maximum Gasteiger partial charge on any atom is 0.250 e. The lowest BCUT2D eigenvalue weighted by Crippen LogP contribution is -2.44. The quantitative estimate of drug-likeness (QED) is 0.841. The molecule has 1 saturated heterocycles. The number of likely N-dealkylation sites (tertiary alicyclic amines) is 1. The molecule has 0 bridgehead atoms. The van der Waals surface area contributed by atoms with E-state index in [4.69, 9.17) is 0 Å². The van der Waals surface area contributed by atoms with Gasteiger partial charge in [0.15, 0.2) is 0 Å². The largest absolute Gasteiger partial charge is 0.341 e. The van der Waals surface area contributed by atoms with Gasteiger partial charge in [0, 0.05) is 19.1 Å². The van der Waals surface area contributed by atoms with Crippen molar-refractivity contribution in [2.75, 3.05) is 19.6 Å². The summed E-state index contributed by atoms with van der Waals surface area (Å²) in [5.41, 5.74) is 0. The van der Waals surface area contributed by atoms with Crippen molar-refractivity contribution in [3.05, 3.63) is 30.2 Å². The molecule has 0 spiro atoms. The first-order valence-electron chi connectivity index (χ1n) is 7.21. The van der Waals surface area contributed by atoms with Crippen LogP contribution in [0.1, 0.15) is 18.9 Å². The van der Waals surface area contributed by atoms with Gasteiger partial charge in [-0.05, 0) is 24.3 Å². The topological polar surface area (TPSA) is 97.2 Å². The lowest BCUT2D eigenvalue weighted by atomic mass is 10.1. The molecule has 1 aliphatic rings. The second-order valence-electron chi connectivity index (χ2n) is 5.28. The number of amides is 1. The Balaban J connectivity index is 1.50. The first-order valence-corrected chi connectivity index (χ1v) is 9.57. The van der Waals surface area contributed by atoms with Gasteiger partial charge in [-0.2, -0.15) is 0 Å². The molecular weight excluding hydrogens is 338 g/mol. The van der Waals surface area contributed by atoms with Crippen LogP contribution in [-0.4, -0.2) is 53.6 Å². The number of nitrogens with one attached hydrogen (secondary N) is 1. The van der Waals surface area contributed by atoms with Gasteiger partial charge in [-0.25, -0.2) is 13.1 Å². The fraction of sp³-hybridized carbons (Fsp3) is 0.462. The highest BCUT2D eigenvalue weighted by Gasteiger charge is 2.25. The number of hydrogen-bond acceptors (Lipinski definition) is 6. The molecular formula is C13H17N5O3S2. The molecule has 8 nitrogen and oxygen atoms in total. The Morgan fingerprint density at radius 2 is 2.00 bits per heavy atom. The number of sulfonamides is 1. The standard InChI is InChI=1S/C13H17N5O3S2/c19-12(8-16-23(20,21)13-2-1-7-22-13)17-5-3-11(4-6-17)18-9-14-15-10-18/h1-2,7,9-11,16H,3-6,8H2. The third-order valence-electron chi connectivity index (χ3n) is 3.85. The first-order chi connectivity index (χ1) is 11.1. The van der Waals surface area contributed by atoms with Crippen LogP contribution < -0.4 is 4.72 Å². The molecule has 124 valence electrons. The summed E-state index contributed by atoms with van der Waals surface area (Å²) < 4.78 is 28.5. The molecule has 1 fully saturated rings. The Kier molecular flexibility index (Phi) is 4.74. The highest BCUT2D eigenvalue weighted by molar-refractivity contribution is 7.91. The third-order valence-corrected chi connectivity index (χ3v) is 6.65. The zero-order chi connectivity index (χ0) is 16.3. The third kappa shape index (κ3) is 3.77. The van der Waals surface area contributed by atoms with Crippen LogP contribution in [0.15, 0.2) is 34.4 Å². The highest BCUT2D eigenvalue weighted by Crippen LogP contribution is 2.21. The Bertz CT molecular complexity index is 735. The predicted molar refractivity (Wildman–Crippen MR) is 84.4 cm³/mol. The van der Waals surface area contributed by atoms with E-state index >= 15 is 0 Å². The summed E-state index contributed by atoms with van der Waals surface area (Å²) in [6.45, 7) is 0.988. The van der Waals surface area contributed by atoms with Crippen LogP contribution >= 0.6 is 11.3 Å². The van der Waals surface area contributed by atoms with Crippen molar-refractivity contribution in [2.45, 2.75) is 23.1 Å². The number of aromatic nitrogens is 3. The molecule has 23 heavy (non-hydrogen) atoms. The van der Waals surface area contributed by atoms with Crippen molar-refractivity contribution in [1.82, 2.24) is 24.4 Å². The minimum absolute atomic E-state index is 0.202. The zero-order valence-electron chi connectivity index (χ0n) is 12.3. The van der Waals surface area contributed by atoms with E-state index in [-0.39, 0.29) is 22.7 Å². The highest BCUT2D eigenvalue weighted by atomic mass is 32.2. The monoisotopic (exact) mass is 355 g/mol. The number of hydrogen-bond donors (Lipinski definition) is 1. The first kappa shape index (κ1) is 16.1. The SMILES string of the molecule is O=C(CNS(=O)(=O)c1cccs1)N1CCC(n2cnnc2)CC1. The number of carbonyl (C=O) groups is 1. The fourth-order valence-corrected chi connectivity index (χ4v) is 4.58. The van der Waals surface area contributed by atoms with E-state index in [0.717, 1.165) is 24.2 Å². The Hall–Kier alpha value is -1.78. The Morgan fingerprint density at radius 1 is 1.30 bits per heavy atom. The summed E-state index contributed by atoms with van der Waals surface area (Å²) in [5, 5.41) is 9.26. The summed E-state index contributed by atoms with van der Waals surface area (Å²) in [7, 11) is -3.60. The van der Waals surface area contributed by atoms with Gasteiger partial charge in [0.2, 0.25) is 5.91 Å². The minimum atomic E-state index is -3.60. The molecule has 1 amide bonds. The average Bonchev–Trinajstić information content (AvgIpc) is 3.26. The number of rotatable bonds is 5. The molecule has 0 unspecified atom stereocenters. The molecule has 0 aromatic carbocycles. The van der Waals surface area contributed by atoms with Gasteiger partial charge in [-0.3, -0.25) is 4.79 Å².